The summed E-state index contributed by atoms with van der Waals surface area (Å²) < 4.78 is 7.83. The van der Waals surface area contributed by atoms with Gasteiger partial charge in [-0.25, -0.2) is 0 Å². The fourth-order valence-corrected chi connectivity index (χ4v) is 5.97. The molecule has 0 spiro atoms. The summed E-state index contributed by atoms with van der Waals surface area (Å²) in [6.45, 7) is 0. The first-order chi connectivity index (χ1) is 15.7. The van der Waals surface area contributed by atoms with Crippen LogP contribution in [0.5, 0.6) is 11.5 Å². The molecule has 0 amide bonds. The van der Waals surface area contributed by atoms with Crippen molar-refractivity contribution in [3.8, 4) is 11.5 Å². The Kier molecular flexibility index (Phi) is 7.15. The molecule has 6 rings (SSSR count). The van der Waals surface area contributed by atoms with Crippen LogP contribution in [0, 0.1) is 0 Å². The molecule has 0 aromatic heterocycles. The van der Waals surface area contributed by atoms with Crippen LogP contribution in [0.25, 0.3) is 0 Å². The summed E-state index contributed by atoms with van der Waals surface area (Å²) in [4.78, 5) is 4.95. The number of rotatable bonds is 0. The summed E-state index contributed by atoms with van der Waals surface area (Å²) in [5.74, 6) is 0.823. The molecule has 160 valence electrons. The summed E-state index contributed by atoms with van der Waals surface area (Å²) in [5, 5.41) is 19.5. The predicted octanol–water partition coefficient (Wildman–Crippen LogP) is 6.56. The van der Waals surface area contributed by atoms with Crippen LogP contribution in [0.1, 0.15) is 22.3 Å². The van der Waals surface area contributed by atoms with E-state index in [1.807, 2.05) is 24.3 Å². The van der Waals surface area contributed by atoms with Crippen LogP contribution >= 0.6 is 23.5 Å². The standard InChI is InChI=1S/2C13H10OS.OS/c2*14-11-5-3-7-13-10(11)8-9-4-1-2-6-12(9)15-13;1-2/h2*1-7,14H,8H2;. The van der Waals surface area contributed by atoms with Crippen molar-refractivity contribution in [2.24, 2.45) is 0 Å². The topological polar surface area (TPSA) is 57.5 Å². The summed E-state index contributed by atoms with van der Waals surface area (Å²) >= 11 is 6.31. The van der Waals surface area contributed by atoms with Crippen LogP contribution in [0.2, 0.25) is 0 Å². The van der Waals surface area contributed by atoms with Crippen molar-refractivity contribution in [2.45, 2.75) is 32.4 Å². The molecule has 2 heterocycles. The molecule has 2 aliphatic rings. The van der Waals surface area contributed by atoms with Crippen molar-refractivity contribution < 1.29 is 14.4 Å². The zero-order valence-electron chi connectivity index (χ0n) is 17.0. The molecular formula is C26H20O3S3. The lowest BCUT2D eigenvalue weighted by molar-refractivity contribution is 0.466. The predicted molar refractivity (Wildman–Crippen MR) is 131 cm³/mol. The van der Waals surface area contributed by atoms with E-state index in [-0.39, 0.29) is 0 Å². The average Bonchev–Trinajstić information content (AvgIpc) is 2.84. The van der Waals surface area contributed by atoms with Gasteiger partial charge < -0.3 is 10.2 Å². The van der Waals surface area contributed by atoms with Crippen LogP contribution in [-0.4, -0.2) is 14.4 Å². The van der Waals surface area contributed by atoms with Crippen molar-refractivity contribution in [2.75, 3.05) is 0 Å². The molecule has 0 aliphatic carbocycles. The second-order valence-electron chi connectivity index (χ2n) is 7.28. The van der Waals surface area contributed by atoms with Crippen LogP contribution in [0.15, 0.2) is 105 Å². The maximum absolute atomic E-state index is 9.77. The highest BCUT2D eigenvalue weighted by Gasteiger charge is 2.18. The molecule has 0 saturated heterocycles. The maximum atomic E-state index is 9.77. The number of phenolic OH excluding ortho intramolecular Hbond substituents is 2. The van der Waals surface area contributed by atoms with Crippen molar-refractivity contribution in [1.29, 1.82) is 0 Å². The van der Waals surface area contributed by atoms with E-state index in [1.54, 1.807) is 35.7 Å². The molecule has 2 aliphatic heterocycles. The molecule has 4 aromatic carbocycles. The largest absolute Gasteiger partial charge is 0.508 e. The first kappa shape index (κ1) is 22.4. The molecule has 3 nitrogen and oxygen atoms in total. The van der Waals surface area contributed by atoms with E-state index in [4.69, 9.17) is 4.21 Å². The van der Waals surface area contributed by atoms with Crippen molar-refractivity contribution in [1.82, 2.24) is 0 Å². The normalized spacial score (nSPS) is 12.4. The molecule has 32 heavy (non-hydrogen) atoms. The Morgan fingerprint density at radius 2 is 0.906 bits per heavy atom. The molecule has 0 fully saturated rings. The summed E-state index contributed by atoms with van der Waals surface area (Å²) in [7, 11) is 0. The molecule has 4 aromatic rings. The monoisotopic (exact) mass is 476 g/mol. The van der Waals surface area contributed by atoms with E-state index in [0.717, 1.165) is 24.0 Å². The van der Waals surface area contributed by atoms with Gasteiger partial charge in [0, 0.05) is 43.6 Å². The third kappa shape index (κ3) is 4.67. The van der Waals surface area contributed by atoms with Gasteiger partial charge in [-0.1, -0.05) is 72.1 Å². The van der Waals surface area contributed by atoms with Gasteiger partial charge >= 0.3 is 0 Å². The Balaban J connectivity index is 0.000000142. The van der Waals surface area contributed by atoms with Crippen molar-refractivity contribution >= 4 is 36.1 Å². The minimum absolute atomic E-state index is 0.412. The zero-order chi connectivity index (χ0) is 22.5. The third-order valence-electron chi connectivity index (χ3n) is 5.34. The molecule has 0 bridgehead atoms. The van der Waals surface area contributed by atoms with E-state index in [9.17, 15) is 10.2 Å². The second kappa shape index (κ2) is 10.2. The van der Waals surface area contributed by atoms with Crippen LogP contribution in [0.4, 0.5) is 0 Å². The Morgan fingerprint density at radius 3 is 1.34 bits per heavy atom. The first-order valence-electron chi connectivity index (χ1n) is 9.99. The quantitative estimate of drug-likeness (QED) is 0.259. The van der Waals surface area contributed by atoms with Gasteiger partial charge in [0.05, 0.1) is 0 Å². The maximum Gasteiger partial charge on any atom is 0.197 e. The number of aromatic hydroxyl groups is 2. The van der Waals surface area contributed by atoms with Crippen LogP contribution < -0.4 is 0 Å². The number of hydrogen-bond acceptors (Lipinski definition) is 6. The molecule has 0 saturated carbocycles. The molecule has 0 radical (unpaired) electrons. The fourth-order valence-electron chi connectivity index (χ4n) is 3.77. The highest BCUT2D eigenvalue weighted by atomic mass is 32.2. The van der Waals surface area contributed by atoms with Crippen molar-refractivity contribution in [3.05, 3.63) is 107 Å². The van der Waals surface area contributed by atoms with Gasteiger partial charge in [-0.2, -0.15) is 4.21 Å². The number of benzene rings is 4. The molecule has 0 atom stereocenters. The molecule has 0 unspecified atom stereocenters. The second-order valence-corrected chi connectivity index (χ2v) is 9.45. The highest BCUT2D eigenvalue weighted by molar-refractivity contribution is 7.99. The summed E-state index contributed by atoms with van der Waals surface area (Å²) in [6, 6.07) is 28.2. The van der Waals surface area contributed by atoms with E-state index >= 15 is 0 Å². The highest BCUT2D eigenvalue weighted by Crippen LogP contribution is 2.43. The first-order valence-corrected chi connectivity index (χ1v) is 12.0. The third-order valence-corrected chi connectivity index (χ3v) is 7.78. The fraction of sp³-hybridized carbons (Fsp3) is 0.0769. The van der Waals surface area contributed by atoms with Gasteiger partial charge in [0.2, 0.25) is 0 Å². The van der Waals surface area contributed by atoms with Crippen molar-refractivity contribution in [3.63, 3.8) is 0 Å². The van der Waals surface area contributed by atoms with E-state index in [2.05, 4.69) is 61.1 Å². The SMILES string of the molecule is O=S.Oc1cccc2c1Cc1ccccc1S2.Oc1cccc2c1Cc1ccccc1S2. The lowest BCUT2D eigenvalue weighted by Gasteiger charge is -2.19. The molecular weight excluding hydrogens is 456 g/mol. The Labute approximate surface area is 201 Å². The zero-order valence-corrected chi connectivity index (χ0v) is 19.5. The van der Waals surface area contributed by atoms with Gasteiger partial charge in [0.1, 0.15) is 11.5 Å². The van der Waals surface area contributed by atoms with Gasteiger partial charge in [-0.3, -0.25) is 0 Å². The van der Waals surface area contributed by atoms with E-state index < -0.39 is 0 Å². The smallest absolute Gasteiger partial charge is 0.197 e. The average molecular weight is 477 g/mol. The number of fused-ring (bicyclic) bond motifs is 4. The minimum atomic E-state index is 0.412. The molecule has 2 N–H and O–H groups in total. The van der Waals surface area contributed by atoms with Gasteiger partial charge in [-0.15, -0.1) is 0 Å². The Hall–Kier alpha value is -2.80. The lowest BCUT2D eigenvalue weighted by Crippen LogP contribution is -1.99. The van der Waals surface area contributed by atoms with E-state index in [0.29, 0.717) is 11.5 Å². The number of hydrogen-bond donors (Lipinski definition) is 2. The van der Waals surface area contributed by atoms with E-state index in [1.165, 1.54) is 30.7 Å². The number of phenols is 2. The van der Waals surface area contributed by atoms with Crippen LogP contribution in [-0.2, 0) is 25.4 Å². The van der Waals surface area contributed by atoms with Gasteiger partial charge in [0.15, 0.2) is 12.5 Å². The Morgan fingerprint density at radius 1 is 0.531 bits per heavy atom. The van der Waals surface area contributed by atoms with Gasteiger partial charge in [0.25, 0.3) is 0 Å². The lowest BCUT2D eigenvalue weighted by atomic mass is 10.0. The minimum Gasteiger partial charge on any atom is -0.508 e. The summed E-state index contributed by atoms with van der Waals surface area (Å²) in [5.41, 5.74) is 4.72. The van der Waals surface area contributed by atoms with Gasteiger partial charge in [-0.05, 0) is 47.5 Å². The van der Waals surface area contributed by atoms with Crippen LogP contribution in [0.3, 0.4) is 0 Å². The Bertz CT molecular complexity index is 1160. The molecule has 6 heteroatoms. The summed E-state index contributed by atoms with van der Waals surface area (Å²) in [6.07, 6.45) is 1.68.